The molecule has 442 valence electrons. The van der Waals surface area contributed by atoms with Crippen molar-refractivity contribution in [2.24, 2.45) is 0 Å². The molecule has 0 saturated carbocycles. The number of aliphatic hydroxyl groups is 11. The number of amides is 1. The first-order chi connectivity index (χ1) is 36.3. The zero-order valence-electron chi connectivity index (χ0n) is 45.8. The standard InChI is InChI=1S/C56H105NO18/c1-3-5-7-9-11-13-15-17-18-19-20-22-24-26-28-30-32-34-44(62)57-39(40(61)33-31-29-27-25-23-21-16-14-12-10-8-6-4-2)38-70-54-50(68)47(65)52(42(36-59)72-54)75-56-51(69)48(66)53(43(37-60)73-56)74-55-49(67)46(64)45(63)41(35-58)71-55/h31,33,39-43,45-56,58-61,63-69H,3-30,32,34-38H2,1-2H3,(H,57,62)/b33-31+/t39-,40+,41?,42?,43?,45-,46-,47+,48+,49?,50?,51?,52+,53-,54+,55-,56-/m0/s1. The van der Waals surface area contributed by atoms with Crippen molar-refractivity contribution >= 4 is 5.91 Å². The lowest BCUT2D eigenvalue weighted by Crippen LogP contribution is -2.66. The lowest BCUT2D eigenvalue weighted by molar-refractivity contribution is -0.379. The van der Waals surface area contributed by atoms with Gasteiger partial charge in [0.25, 0.3) is 0 Å². The van der Waals surface area contributed by atoms with Gasteiger partial charge in [-0.05, 0) is 19.3 Å². The van der Waals surface area contributed by atoms with E-state index in [0.717, 1.165) is 44.9 Å². The molecule has 3 aliphatic heterocycles. The number of carbonyl (C=O) groups is 1. The van der Waals surface area contributed by atoms with E-state index in [-0.39, 0.29) is 18.9 Å². The molecule has 0 aromatic carbocycles. The average Bonchev–Trinajstić information content (AvgIpc) is 3.41. The Morgan fingerprint density at radius 2 is 0.827 bits per heavy atom. The minimum absolute atomic E-state index is 0.249. The number of allylic oxidation sites excluding steroid dienone is 1. The van der Waals surface area contributed by atoms with Gasteiger partial charge in [-0.15, -0.1) is 0 Å². The summed E-state index contributed by atoms with van der Waals surface area (Å²) in [7, 11) is 0. The second-order valence-corrected chi connectivity index (χ2v) is 21.5. The molecule has 0 aromatic rings. The third kappa shape index (κ3) is 25.3. The molecule has 12 N–H and O–H groups in total. The first-order valence-corrected chi connectivity index (χ1v) is 29.4. The molecule has 17 atom stereocenters. The number of hydrogen-bond donors (Lipinski definition) is 12. The molecule has 19 heteroatoms. The SMILES string of the molecule is CCCCCCCCCCCCC/C=C/[C@@H](O)[C@H](CO[C@@H]1OC(CO)[C@@H](O[C@@H]2OC(CO)[C@H](O[C@@H]3OC(CO)[C@H](O)[C@H](O)C3O)[C@H](O)C2O)[C@H](O)C1O)NC(=O)CCCCCCCCCCCCCCCCCCC. The molecule has 6 unspecified atom stereocenters. The van der Waals surface area contributed by atoms with E-state index in [0.29, 0.717) is 6.42 Å². The summed E-state index contributed by atoms with van der Waals surface area (Å²) in [4.78, 5) is 13.3. The third-order valence-electron chi connectivity index (χ3n) is 15.1. The Morgan fingerprint density at radius 3 is 1.25 bits per heavy atom. The summed E-state index contributed by atoms with van der Waals surface area (Å²) in [6.45, 7) is 1.72. The maximum absolute atomic E-state index is 13.3. The molecule has 3 fully saturated rings. The van der Waals surface area contributed by atoms with Gasteiger partial charge in [-0.3, -0.25) is 4.79 Å². The fraction of sp³-hybridized carbons (Fsp3) is 0.946. The molecule has 0 bridgehead atoms. The Hall–Kier alpha value is -1.47. The molecule has 75 heavy (non-hydrogen) atoms. The van der Waals surface area contributed by atoms with E-state index in [4.69, 9.17) is 28.4 Å². The summed E-state index contributed by atoms with van der Waals surface area (Å²) in [5, 5.41) is 120. The summed E-state index contributed by atoms with van der Waals surface area (Å²) in [6.07, 6.45) is 11.9. The van der Waals surface area contributed by atoms with Gasteiger partial charge in [0.2, 0.25) is 5.91 Å². The van der Waals surface area contributed by atoms with Crippen molar-refractivity contribution in [1.29, 1.82) is 0 Å². The lowest BCUT2D eigenvalue weighted by atomic mass is 9.96. The molecule has 0 aliphatic carbocycles. The number of unbranched alkanes of at least 4 members (excludes halogenated alkanes) is 27. The van der Waals surface area contributed by atoms with Crippen molar-refractivity contribution in [2.75, 3.05) is 26.4 Å². The molecule has 1 amide bonds. The van der Waals surface area contributed by atoms with Crippen molar-refractivity contribution in [2.45, 2.75) is 311 Å². The van der Waals surface area contributed by atoms with Crippen LogP contribution < -0.4 is 5.32 Å². The Morgan fingerprint density at radius 1 is 0.467 bits per heavy atom. The number of carbonyl (C=O) groups excluding carboxylic acids is 1. The van der Waals surface area contributed by atoms with Crippen LogP contribution in [0.4, 0.5) is 0 Å². The van der Waals surface area contributed by atoms with E-state index < -0.39 is 124 Å². The molecule has 3 saturated heterocycles. The van der Waals surface area contributed by atoms with Gasteiger partial charge in [0.05, 0.1) is 38.6 Å². The normalized spacial score (nSPS) is 31.2. The molecule has 0 aromatic heterocycles. The van der Waals surface area contributed by atoms with E-state index in [9.17, 15) is 61.0 Å². The van der Waals surface area contributed by atoms with Crippen LogP contribution in [-0.4, -0.2) is 193 Å². The molecule has 0 radical (unpaired) electrons. The number of nitrogens with one attached hydrogen (secondary N) is 1. The van der Waals surface area contributed by atoms with Gasteiger partial charge in [0, 0.05) is 6.42 Å². The molecular formula is C56H105NO18. The number of aliphatic hydroxyl groups excluding tert-OH is 11. The fourth-order valence-electron chi connectivity index (χ4n) is 10.2. The van der Waals surface area contributed by atoms with Crippen LogP contribution in [0.1, 0.15) is 206 Å². The summed E-state index contributed by atoms with van der Waals surface area (Å²) in [6, 6.07) is -0.966. The first-order valence-electron chi connectivity index (χ1n) is 29.4. The zero-order chi connectivity index (χ0) is 54.8. The van der Waals surface area contributed by atoms with Gasteiger partial charge < -0.3 is 89.9 Å². The summed E-state index contributed by atoms with van der Waals surface area (Å²) < 4.78 is 34.2. The largest absolute Gasteiger partial charge is 0.394 e. The maximum atomic E-state index is 13.3. The van der Waals surface area contributed by atoms with Crippen LogP contribution in [0.15, 0.2) is 12.2 Å². The molecule has 0 spiro atoms. The van der Waals surface area contributed by atoms with Crippen LogP contribution in [-0.2, 0) is 33.2 Å². The predicted octanol–water partition coefficient (Wildman–Crippen LogP) is 4.60. The lowest BCUT2D eigenvalue weighted by Gasteiger charge is -2.48. The minimum atomic E-state index is -1.97. The highest BCUT2D eigenvalue weighted by atomic mass is 16.8. The summed E-state index contributed by atoms with van der Waals surface area (Å²) in [5.74, 6) is -0.274. The molecule has 19 nitrogen and oxygen atoms in total. The van der Waals surface area contributed by atoms with Gasteiger partial charge in [0.1, 0.15) is 73.2 Å². The Balaban J connectivity index is 1.51. The van der Waals surface area contributed by atoms with E-state index in [1.54, 1.807) is 6.08 Å². The van der Waals surface area contributed by atoms with Gasteiger partial charge in [-0.2, -0.15) is 0 Å². The Bertz CT molecular complexity index is 1430. The van der Waals surface area contributed by atoms with E-state index in [1.807, 2.05) is 6.08 Å². The highest BCUT2D eigenvalue weighted by Gasteiger charge is 2.53. The van der Waals surface area contributed by atoms with Crippen LogP contribution in [0.2, 0.25) is 0 Å². The highest BCUT2D eigenvalue weighted by molar-refractivity contribution is 5.76. The van der Waals surface area contributed by atoms with Crippen molar-refractivity contribution < 1.29 is 89.4 Å². The highest BCUT2D eigenvalue weighted by Crippen LogP contribution is 2.33. The smallest absolute Gasteiger partial charge is 0.220 e. The van der Waals surface area contributed by atoms with Crippen LogP contribution in [0.5, 0.6) is 0 Å². The van der Waals surface area contributed by atoms with E-state index >= 15 is 0 Å². The average molecular weight is 1080 g/mol. The summed E-state index contributed by atoms with van der Waals surface area (Å²) >= 11 is 0. The quantitative estimate of drug-likeness (QED) is 0.0293. The zero-order valence-corrected chi connectivity index (χ0v) is 45.8. The Kier molecular flexibility index (Phi) is 36.8. The van der Waals surface area contributed by atoms with Gasteiger partial charge in [-0.1, -0.05) is 193 Å². The minimum Gasteiger partial charge on any atom is -0.394 e. The van der Waals surface area contributed by atoms with Gasteiger partial charge in [-0.25, -0.2) is 0 Å². The van der Waals surface area contributed by atoms with Crippen LogP contribution in [0, 0.1) is 0 Å². The van der Waals surface area contributed by atoms with Gasteiger partial charge >= 0.3 is 0 Å². The maximum Gasteiger partial charge on any atom is 0.220 e. The third-order valence-corrected chi connectivity index (χ3v) is 15.1. The molecule has 3 heterocycles. The molecule has 3 aliphatic rings. The van der Waals surface area contributed by atoms with Crippen molar-refractivity contribution in [3.8, 4) is 0 Å². The van der Waals surface area contributed by atoms with Crippen molar-refractivity contribution in [1.82, 2.24) is 5.32 Å². The van der Waals surface area contributed by atoms with Gasteiger partial charge in [0.15, 0.2) is 18.9 Å². The second-order valence-electron chi connectivity index (χ2n) is 21.5. The van der Waals surface area contributed by atoms with Crippen LogP contribution in [0.3, 0.4) is 0 Å². The van der Waals surface area contributed by atoms with E-state index in [2.05, 4.69) is 19.2 Å². The molecule has 3 rings (SSSR count). The molecular weight excluding hydrogens is 975 g/mol. The summed E-state index contributed by atoms with van der Waals surface area (Å²) in [5.41, 5.74) is 0. The first kappa shape index (κ1) is 67.8. The second kappa shape index (κ2) is 40.7. The van der Waals surface area contributed by atoms with Crippen molar-refractivity contribution in [3.05, 3.63) is 12.2 Å². The predicted molar refractivity (Wildman–Crippen MR) is 282 cm³/mol. The Labute approximate surface area is 448 Å². The topological polar surface area (TPSA) is 307 Å². The monoisotopic (exact) mass is 1080 g/mol. The number of ether oxygens (including phenoxy) is 6. The van der Waals surface area contributed by atoms with Crippen LogP contribution >= 0.6 is 0 Å². The van der Waals surface area contributed by atoms with E-state index in [1.165, 1.54) is 135 Å². The van der Waals surface area contributed by atoms with Crippen molar-refractivity contribution in [3.63, 3.8) is 0 Å². The fourth-order valence-corrected chi connectivity index (χ4v) is 10.2. The number of rotatable bonds is 43. The number of hydrogen-bond acceptors (Lipinski definition) is 18. The van der Waals surface area contributed by atoms with Crippen LogP contribution in [0.25, 0.3) is 0 Å².